The van der Waals surface area contributed by atoms with Crippen molar-refractivity contribution in [3.8, 4) is 0 Å². The van der Waals surface area contributed by atoms with Gasteiger partial charge in [-0.1, -0.05) is 24.3 Å². The summed E-state index contributed by atoms with van der Waals surface area (Å²) in [6.45, 7) is 1.76. The van der Waals surface area contributed by atoms with Gasteiger partial charge in [0, 0.05) is 22.3 Å². The molecule has 0 saturated heterocycles. The van der Waals surface area contributed by atoms with Crippen LogP contribution in [0.4, 0.5) is 15.8 Å². The molecule has 156 valence electrons. The van der Waals surface area contributed by atoms with E-state index < -0.39 is 21.7 Å². The average Bonchev–Trinajstić information content (AvgIpc) is 2.74. The minimum atomic E-state index is -3.88. The number of carbonyl (C=O) groups excluding carboxylic acids is 1. The molecule has 0 saturated carbocycles. The fourth-order valence-electron chi connectivity index (χ4n) is 3.15. The first-order valence-electron chi connectivity index (χ1n) is 9.38. The van der Waals surface area contributed by atoms with Crippen molar-refractivity contribution in [3.63, 3.8) is 0 Å². The summed E-state index contributed by atoms with van der Waals surface area (Å²) >= 11 is 0. The quantitative estimate of drug-likeness (QED) is 0.474. The number of nitrogens with one attached hydrogen (secondary N) is 2. The molecule has 2 N–H and O–H groups in total. The van der Waals surface area contributed by atoms with Crippen LogP contribution in [0, 0.1) is 12.7 Å². The highest BCUT2D eigenvalue weighted by Crippen LogP contribution is 2.25. The Bertz CT molecular complexity index is 1390. The van der Waals surface area contributed by atoms with Gasteiger partial charge >= 0.3 is 0 Å². The standard InChI is InChI=1S/C23H18FN3O3S/c1-15-12-22(20-14-17(24)10-11-21(20)25-15)26-23(28)16-6-5-9-19(13-16)31(29,30)27-18-7-3-2-4-8-18/h2-14,27H,1H3,(H,25,26,28). The number of benzene rings is 3. The molecule has 1 amide bonds. The molecule has 0 atom stereocenters. The van der Waals surface area contributed by atoms with Gasteiger partial charge < -0.3 is 5.32 Å². The Kier molecular flexibility index (Phi) is 5.39. The molecule has 0 fully saturated rings. The van der Waals surface area contributed by atoms with Gasteiger partial charge in [0.2, 0.25) is 0 Å². The minimum Gasteiger partial charge on any atom is -0.321 e. The highest BCUT2D eigenvalue weighted by Gasteiger charge is 2.17. The maximum atomic E-state index is 13.7. The first-order chi connectivity index (χ1) is 14.8. The molecule has 0 bridgehead atoms. The third-order valence-corrected chi connectivity index (χ3v) is 5.96. The first kappa shape index (κ1) is 20.5. The van der Waals surface area contributed by atoms with Crippen molar-refractivity contribution in [1.82, 2.24) is 4.98 Å². The monoisotopic (exact) mass is 435 g/mol. The summed E-state index contributed by atoms with van der Waals surface area (Å²) in [4.78, 5) is 17.1. The van der Waals surface area contributed by atoms with E-state index in [0.717, 1.165) is 0 Å². The zero-order chi connectivity index (χ0) is 22.0. The van der Waals surface area contributed by atoms with E-state index in [4.69, 9.17) is 0 Å². The molecule has 31 heavy (non-hydrogen) atoms. The molecule has 4 aromatic rings. The number of aromatic nitrogens is 1. The fraction of sp³-hybridized carbons (Fsp3) is 0.0435. The normalized spacial score (nSPS) is 11.3. The summed E-state index contributed by atoms with van der Waals surface area (Å²) in [5.41, 5.74) is 2.15. The van der Waals surface area contributed by atoms with Crippen molar-refractivity contribution in [1.29, 1.82) is 0 Å². The molecule has 0 aliphatic carbocycles. The number of pyridine rings is 1. The fourth-order valence-corrected chi connectivity index (χ4v) is 4.26. The summed E-state index contributed by atoms with van der Waals surface area (Å²) < 4.78 is 41.6. The van der Waals surface area contributed by atoms with E-state index in [-0.39, 0.29) is 10.5 Å². The van der Waals surface area contributed by atoms with Crippen molar-refractivity contribution in [2.45, 2.75) is 11.8 Å². The average molecular weight is 435 g/mol. The van der Waals surface area contributed by atoms with Gasteiger partial charge in [0.1, 0.15) is 5.82 Å². The molecule has 6 nitrogen and oxygen atoms in total. The van der Waals surface area contributed by atoms with Crippen LogP contribution in [0.3, 0.4) is 0 Å². The van der Waals surface area contributed by atoms with E-state index in [1.807, 2.05) is 0 Å². The molecular formula is C23H18FN3O3S. The van der Waals surface area contributed by atoms with Crippen LogP contribution in [0.1, 0.15) is 16.1 Å². The summed E-state index contributed by atoms with van der Waals surface area (Å²) in [5, 5.41) is 3.19. The van der Waals surface area contributed by atoms with Gasteiger partial charge in [0.25, 0.3) is 15.9 Å². The van der Waals surface area contributed by atoms with Crippen LogP contribution in [0.25, 0.3) is 10.9 Å². The molecule has 0 unspecified atom stereocenters. The van der Waals surface area contributed by atoms with Crippen LogP contribution in [-0.2, 0) is 10.0 Å². The van der Waals surface area contributed by atoms with E-state index in [2.05, 4.69) is 15.0 Å². The van der Waals surface area contributed by atoms with Crippen LogP contribution in [0.15, 0.2) is 83.8 Å². The number of aryl methyl sites for hydroxylation is 1. The van der Waals surface area contributed by atoms with Crippen molar-refractivity contribution in [3.05, 3.63) is 95.9 Å². The second kappa shape index (κ2) is 8.16. The van der Waals surface area contributed by atoms with E-state index in [0.29, 0.717) is 28.0 Å². The van der Waals surface area contributed by atoms with Crippen molar-refractivity contribution < 1.29 is 17.6 Å². The molecule has 1 heterocycles. The molecule has 4 rings (SSSR count). The van der Waals surface area contributed by atoms with Crippen molar-refractivity contribution in [2.75, 3.05) is 10.0 Å². The van der Waals surface area contributed by atoms with Gasteiger partial charge in [-0.25, -0.2) is 12.8 Å². The Morgan fingerprint density at radius 3 is 2.48 bits per heavy atom. The first-order valence-corrected chi connectivity index (χ1v) is 10.9. The lowest BCUT2D eigenvalue weighted by atomic mass is 10.1. The predicted octanol–water partition coefficient (Wildman–Crippen LogP) is 4.74. The highest BCUT2D eigenvalue weighted by molar-refractivity contribution is 7.92. The number of rotatable bonds is 5. The Labute approximate surface area is 178 Å². The van der Waals surface area contributed by atoms with Crippen LogP contribution < -0.4 is 10.0 Å². The summed E-state index contributed by atoms with van der Waals surface area (Å²) in [7, 11) is -3.88. The molecule has 0 radical (unpaired) electrons. The zero-order valence-electron chi connectivity index (χ0n) is 16.5. The number of nitrogens with zero attached hydrogens (tertiary/aromatic N) is 1. The molecule has 0 aliphatic rings. The largest absolute Gasteiger partial charge is 0.321 e. The lowest BCUT2D eigenvalue weighted by molar-refractivity contribution is 0.102. The summed E-state index contributed by atoms with van der Waals surface area (Å²) in [6.07, 6.45) is 0. The predicted molar refractivity (Wildman–Crippen MR) is 118 cm³/mol. The maximum Gasteiger partial charge on any atom is 0.261 e. The molecular weight excluding hydrogens is 417 g/mol. The number of anilines is 2. The third kappa shape index (κ3) is 4.54. The number of halogens is 1. The highest BCUT2D eigenvalue weighted by atomic mass is 32.2. The number of para-hydroxylation sites is 1. The molecule has 3 aromatic carbocycles. The van der Waals surface area contributed by atoms with E-state index in [1.165, 1.54) is 42.5 Å². The molecule has 0 spiro atoms. The van der Waals surface area contributed by atoms with Crippen molar-refractivity contribution in [2.24, 2.45) is 0 Å². The van der Waals surface area contributed by atoms with Crippen molar-refractivity contribution >= 4 is 38.2 Å². The van der Waals surface area contributed by atoms with E-state index in [1.54, 1.807) is 43.3 Å². The van der Waals surface area contributed by atoms with Gasteiger partial charge in [-0.05, 0) is 61.5 Å². The van der Waals surface area contributed by atoms with E-state index in [9.17, 15) is 17.6 Å². The van der Waals surface area contributed by atoms with Crippen LogP contribution in [-0.4, -0.2) is 19.3 Å². The second-order valence-electron chi connectivity index (χ2n) is 6.93. The Morgan fingerprint density at radius 2 is 1.71 bits per heavy atom. The SMILES string of the molecule is Cc1cc(NC(=O)c2cccc(S(=O)(=O)Nc3ccccc3)c2)c2cc(F)ccc2n1. The van der Waals surface area contributed by atoms with Crippen LogP contribution >= 0.6 is 0 Å². The third-order valence-electron chi connectivity index (χ3n) is 4.58. The minimum absolute atomic E-state index is 0.0502. The van der Waals surface area contributed by atoms with Gasteiger partial charge in [-0.2, -0.15) is 0 Å². The molecule has 1 aromatic heterocycles. The summed E-state index contributed by atoms with van der Waals surface area (Å²) in [5.74, 6) is -0.971. The Hall–Kier alpha value is -3.78. The number of hydrogen-bond donors (Lipinski definition) is 2. The lowest BCUT2D eigenvalue weighted by Gasteiger charge is -2.12. The zero-order valence-corrected chi connectivity index (χ0v) is 17.3. The lowest BCUT2D eigenvalue weighted by Crippen LogP contribution is -2.16. The van der Waals surface area contributed by atoms with Gasteiger partial charge in [0.05, 0.1) is 16.1 Å². The van der Waals surface area contributed by atoms with Crippen LogP contribution in [0.5, 0.6) is 0 Å². The maximum absolute atomic E-state index is 13.7. The van der Waals surface area contributed by atoms with Gasteiger partial charge in [-0.3, -0.25) is 14.5 Å². The van der Waals surface area contributed by atoms with Gasteiger partial charge in [0.15, 0.2) is 0 Å². The van der Waals surface area contributed by atoms with E-state index >= 15 is 0 Å². The summed E-state index contributed by atoms with van der Waals surface area (Å²) in [6, 6.07) is 19.9. The smallest absolute Gasteiger partial charge is 0.261 e. The number of hydrogen-bond acceptors (Lipinski definition) is 4. The second-order valence-corrected chi connectivity index (χ2v) is 8.61. The number of sulfonamides is 1. The number of amides is 1. The Morgan fingerprint density at radius 1 is 0.935 bits per heavy atom. The topological polar surface area (TPSA) is 88.2 Å². The molecule has 0 aliphatic heterocycles. The number of fused-ring (bicyclic) bond motifs is 1. The Balaban J connectivity index is 1.64. The molecule has 8 heteroatoms. The van der Waals surface area contributed by atoms with Gasteiger partial charge in [-0.15, -0.1) is 0 Å². The number of carbonyl (C=O) groups is 1. The van der Waals surface area contributed by atoms with Crippen LogP contribution in [0.2, 0.25) is 0 Å².